The molecule has 0 radical (unpaired) electrons. The number of rotatable bonds is 5. The van der Waals surface area contributed by atoms with Crippen molar-refractivity contribution >= 4 is 11.7 Å². The van der Waals surface area contributed by atoms with Crippen LogP contribution >= 0.6 is 0 Å². The molecule has 4 nitrogen and oxygen atoms in total. The fourth-order valence-corrected chi connectivity index (χ4v) is 1.37. The highest BCUT2D eigenvalue weighted by atomic mass is 19.4. The Morgan fingerprint density at radius 1 is 1.20 bits per heavy atom. The molecule has 0 atom stereocenters. The minimum Gasteiger partial charge on any atom is -0.478 e. The molecule has 0 aliphatic carbocycles. The predicted octanol–water partition coefficient (Wildman–Crippen LogP) is 2.44. The minimum atomic E-state index is -4.86. The molecule has 3 N–H and O–H groups in total. The Labute approximate surface area is 109 Å². The summed E-state index contributed by atoms with van der Waals surface area (Å²) in [6.45, 7) is -2.47. The van der Waals surface area contributed by atoms with Gasteiger partial charge in [-0.1, -0.05) is 0 Å². The SMILES string of the molecule is O=C(O)c1cc(NCC(F)(F)CO)ccc1C(F)(F)F. The summed E-state index contributed by atoms with van der Waals surface area (Å²) < 4.78 is 63.1. The zero-order valence-electron chi connectivity index (χ0n) is 9.84. The van der Waals surface area contributed by atoms with E-state index < -0.39 is 42.3 Å². The summed E-state index contributed by atoms with van der Waals surface area (Å²) in [4.78, 5) is 10.8. The van der Waals surface area contributed by atoms with Crippen molar-refractivity contribution < 1.29 is 37.0 Å². The number of aliphatic hydroxyl groups is 1. The number of benzene rings is 1. The van der Waals surface area contributed by atoms with E-state index in [1.165, 1.54) is 0 Å². The first-order chi connectivity index (χ1) is 9.07. The van der Waals surface area contributed by atoms with Crippen LogP contribution in [0.15, 0.2) is 18.2 Å². The molecule has 0 unspecified atom stereocenters. The molecule has 0 fully saturated rings. The lowest BCUT2D eigenvalue weighted by Crippen LogP contribution is -2.31. The van der Waals surface area contributed by atoms with Gasteiger partial charge in [-0.15, -0.1) is 0 Å². The van der Waals surface area contributed by atoms with Gasteiger partial charge in [0, 0.05) is 5.69 Å². The van der Waals surface area contributed by atoms with E-state index in [1.807, 2.05) is 0 Å². The van der Waals surface area contributed by atoms with Gasteiger partial charge in [0.2, 0.25) is 0 Å². The van der Waals surface area contributed by atoms with E-state index in [1.54, 1.807) is 0 Å². The van der Waals surface area contributed by atoms with Crippen molar-refractivity contribution in [1.82, 2.24) is 0 Å². The normalized spacial score (nSPS) is 12.3. The zero-order valence-corrected chi connectivity index (χ0v) is 9.84. The van der Waals surface area contributed by atoms with Crippen molar-refractivity contribution in [2.75, 3.05) is 18.5 Å². The number of halogens is 5. The van der Waals surface area contributed by atoms with Crippen LogP contribution in [0.2, 0.25) is 0 Å². The molecule has 0 heterocycles. The van der Waals surface area contributed by atoms with Crippen LogP contribution in [-0.2, 0) is 6.18 Å². The van der Waals surface area contributed by atoms with E-state index in [0.717, 1.165) is 6.07 Å². The Kier molecular flexibility index (Phi) is 4.53. The van der Waals surface area contributed by atoms with Gasteiger partial charge in [-0.05, 0) is 18.2 Å². The van der Waals surface area contributed by atoms with Gasteiger partial charge in [0.15, 0.2) is 0 Å². The van der Waals surface area contributed by atoms with E-state index >= 15 is 0 Å². The molecule has 1 aromatic carbocycles. The Balaban J connectivity index is 3.03. The third-order valence-corrected chi connectivity index (χ3v) is 2.34. The topological polar surface area (TPSA) is 69.6 Å². The molecule has 1 rings (SSSR count). The summed E-state index contributed by atoms with van der Waals surface area (Å²) in [5.74, 6) is -5.29. The first-order valence-corrected chi connectivity index (χ1v) is 5.24. The maximum Gasteiger partial charge on any atom is 0.417 e. The number of aromatic carboxylic acids is 1. The molecule has 112 valence electrons. The van der Waals surface area contributed by atoms with E-state index in [0.29, 0.717) is 12.1 Å². The molecule has 0 spiro atoms. The van der Waals surface area contributed by atoms with Crippen LogP contribution in [0.5, 0.6) is 0 Å². The molecule has 0 saturated carbocycles. The molecular formula is C11H10F5NO3. The van der Waals surface area contributed by atoms with Crippen LogP contribution in [0.4, 0.5) is 27.6 Å². The van der Waals surface area contributed by atoms with Crippen LogP contribution in [0.25, 0.3) is 0 Å². The molecule has 0 aromatic heterocycles. The van der Waals surface area contributed by atoms with E-state index in [2.05, 4.69) is 5.32 Å². The van der Waals surface area contributed by atoms with Gasteiger partial charge in [-0.25, -0.2) is 13.6 Å². The average Bonchev–Trinajstić information content (AvgIpc) is 2.35. The van der Waals surface area contributed by atoms with Crippen LogP contribution in [0.1, 0.15) is 15.9 Å². The monoisotopic (exact) mass is 299 g/mol. The third-order valence-electron chi connectivity index (χ3n) is 2.34. The second kappa shape index (κ2) is 5.61. The van der Waals surface area contributed by atoms with E-state index in [-0.39, 0.29) is 5.69 Å². The van der Waals surface area contributed by atoms with Gasteiger partial charge in [-0.3, -0.25) is 0 Å². The molecule has 1 aromatic rings. The lowest BCUT2D eigenvalue weighted by molar-refractivity contribution is -0.138. The number of nitrogens with one attached hydrogen (secondary N) is 1. The number of carbonyl (C=O) groups is 1. The first kappa shape index (κ1) is 16.2. The van der Waals surface area contributed by atoms with Gasteiger partial charge in [-0.2, -0.15) is 13.2 Å². The number of alkyl halides is 5. The summed E-state index contributed by atoms with van der Waals surface area (Å²) in [5.41, 5.74) is -2.64. The summed E-state index contributed by atoms with van der Waals surface area (Å²) in [6.07, 6.45) is -4.86. The number of carboxylic acid groups (broad SMARTS) is 1. The maximum atomic E-state index is 12.8. The highest BCUT2D eigenvalue weighted by Crippen LogP contribution is 2.33. The van der Waals surface area contributed by atoms with Crippen molar-refractivity contribution in [1.29, 1.82) is 0 Å². The quantitative estimate of drug-likeness (QED) is 0.730. The second-order valence-corrected chi connectivity index (χ2v) is 3.93. The fraction of sp³-hybridized carbons (Fsp3) is 0.364. The van der Waals surface area contributed by atoms with Gasteiger partial charge in [0.25, 0.3) is 5.92 Å². The van der Waals surface area contributed by atoms with Crippen LogP contribution < -0.4 is 5.32 Å². The van der Waals surface area contributed by atoms with E-state index in [4.69, 9.17) is 10.2 Å². The fourth-order valence-electron chi connectivity index (χ4n) is 1.37. The average molecular weight is 299 g/mol. The molecule has 0 aliphatic rings. The van der Waals surface area contributed by atoms with Gasteiger partial charge in [0.05, 0.1) is 17.7 Å². The molecular weight excluding hydrogens is 289 g/mol. The number of hydrogen-bond acceptors (Lipinski definition) is 3. The highest BCUT2D eigenvalue weighted by Gasteiger charge is 2.35. The molecule has 0 bridgehead atoms. The summed E-state index contributed by atoms with van der Waals surface area (Å²) in [5, 5.41) is 19.1. The number of aliphatic hydroxyl groups excluding tert-OH is 1. The van der Waals surface area contributed by atoms with Gasteiger partial charge < -0.3 is 15.5 Å². The maximum absolute atomic E-state index is 12.8. The first-order valence-electron chi connectivity index (χ1n) is 5.24. The molecule has 0 saturated heterocycles. The lowest BCUT2D eigenvalue weighted by Gasteiger charge is -2.16. The third kappa shape index (κ3) is 4.05. The van der Waals surface area contributed by atoms with Crippen LogP contribution in [-0.4, -0.2) is 35.3 Å². The highest BCUT2D eigenvalue weighted by molar-refractivity contribution is 5.91. The molecule has 9 heteroatoms. The largest absolute Gasteiger partial charge is 0.478 e. The standard InChI is InChI=1S/C11H10F5NO3/c12-10(13,5-18)4-17-6-1-2-8(11(14,15)16)7(3-6)9(19)20/h1-3,17-18H,4-5H2,(H,19,20). The predicted molar refractivity (Wildman–Crippen MR) is 58.9 cm³/mol. The number of carboxylic acids is 1. The van der Waals surface area contributed by atoms with E-state index in [9.17, 15) is 26.7 Å². The Bertz CT molecular complexity index is 501. The summed E-state index contributed by atoms with van der Waals surface area (Å²) >= 11 is 0. The van der Waals surface area contributed by atoms with Crippen molar-refractivity contribution in [3.8, 4) is 0 Å². The Morgan fingerprint density at radius 3 is 2.25 bits per heavy atom. The zero-order chi connectivity index (χ0) is 15.6. The number of hydrogen-bond donors (Lipinski definition) is 3. The Hall–Kier alpha value is -1.90. The van der Waals surface area contributed by atoms with Gasteiger partial charge in [0.1, 0.15) is 6.61 Å². The van der Waals surface area contributed by atoms with Crippen molar-refractivity contribution in [2.45, 2.75) is 12.1 Å². The van der Waals surface area contributed by atoms with Crippen LogP contribution in [0.3, 0.4) is 0 Å². The molecule has 0 aliphatic heterocycles. The summed E-state index contributed by atoms with van der Waals surface area (Å²) in [7, 11) is 0. The van der Waals surface area contributed by atoms with Crippen molar-refractivity contribution in [3.63, 3.8) is 0 Å². The van der Waals surface area contributed by atoms with Gasteiger partial charge >= 0.3 is 12.1 Å². The Morgan fingerprint density at radius 2 is 1.80 bits per heavy atom. The van der Waals surface area contributed by atoms with Crippen molar-refractivity contribution in [3.05, 3.63) is 29.3 Å². The molecule has 20 heavy (non-hydrogen) atoms. The molecule has 0 amide bonds. The minimum absolute atomic E-state index is 0.219. The van der Waals surface area contributed by atoms with Crippen molar-refractivity contribution in [2.24, 2.45) is 0 Å². The summed E-state index contributed by atoms with van der Waals surface area (Å²) in [6, 6.07) is 1.93. The number of anilines is 1. The van der Waals surface area contributed by atoms with Crippen LogP contribution in [0, 0.1) is 0 Å². The second-order valence-electron chi connectivity index (χ2n) is 3.93. The lowest BCUT2D eigenvalue weighted by atomic mass is 10.1. The smallest absolute Gasteiger partial charge is 0.417 e.